The number of nitrogens with zero attached hydrogens (tertiary/aromatic N) is 3. The van der Waals surface area contributed by atoms with Gasteiger partial charge in [-0.25, -0.2) is 9.97 Å². The number of hydrogen-bond donors (Lipinski definition) is 2. The Kier molecular flexibility index (Phi) is 3.85. The fourth-order valence-electron chi connectivity index (χ4n) is 1.47. The largest absolute Gasteiger partial charge is 0.394 e. The summed E-state index contributed by atoms with van der Waals surface area (Å²) in [5, 5.41) is 8.59. The molecule has 0 bridgehead atoms. The number of H-pyrrole nitrogens is 1. The molecule has 96 valence electrons. The first-order valence-electron chi connectivity index (χ1n) is 5.47. The minimum absolute atomic E-state index is 0.0247. The maximum absolute atomic E-state index is 11.7. The van der Waals surface area contributed by atoms with Gasteiger partial charge in [0.25, 0.3) is 5.56 Å². The Morgan fingerprint density at radius 1 is 1.50 bits per heavy atom. The molecule has 18 heavy (non-hydrogen) atoms. The molecule has 0 aromatic carbocycles. The second kappa shape index (κ2) is 5.56. The zero-order valence-electron chi connectivity index (χ0n) is 9.96. The van der Waals surface area contributed by atoms with Gasteiger partial charge < -0.3 is 19.4 Å². The summed E-state index contributed by atoms with van der Waals surface area (Å²) in [7, 11) is 0. The van der Waals surface area contributed by atoms with Gasteiger partial charge in [-0.05, 0) is 6.92 Å². The Bertz CT molecular complexity index is 576. The fourth-order valence-corrected chi connectivity index (χ4v) is 1.47. The van der Waals surface area contributed by atoms with Crippen LogP contribution in [0.2, 0.25) is 0 Å². The molecule has 2 N–H and O–H groups in total. The van der Waals surface area contributed by atoms with Crippen LogP contribution in [0.25, 0.3) is 11.3 Å². The van der Waals surface area contributed by atoms with Gasteiger partial charge in [-0.3, -0.25) is 4.79 Å². The zero-order chi connectivity index (χ0) is 13.0. The number of aromatic nitrogens is 4. The van der Waals surface area contributed by atoms with E-state index in [1.165, 1.54) is 6.20 Å². The van der Waals surface area contributed by atoms with Crippen molar-refractivity contribution in [3.63, 3.8) is 0 Å². The summed E-state index contributed by atoms with van der Waals surface area (Å²) in [6.07, 6.45) is 4.75. The van der Waals surface area contributed by atoms with Crippen molar-refractivity contribution >= 4 is 0 Å². The molecule has 0 amide bonds. The number of rotatable bonds is 5. The fraction of sp³-hybridized carbons (Fsp3) is 0.364. The molecule has 0 saturated carbocycles. The van der Waals surface area contributed by atoms with Crippen molar-refractivity contribution in [2.75, 3.05) is 13.2 Å². The van der Waals surface area contributed by atoms with Crippen LogP contribution in [0.4, 0.5) is 0 Å². The number of aromatic amines is 1. The summed E-state index contributed by atoms with van der Waals surface area (Å²) < 4.78 is 6.82. The molecule has 2 aromatic rings. The molecule has 0 aliphatic carbocycles. The van der Waals surface area contributed by atoms with E-state index >= 15 is 0 Å². The van der Waals surface area contributed by atoms with Crippen molar-refractivity contribution in [2.45, 2.75) is 13.7 Å². The van der Waals surface area contributed by atoms with E-state index in [0.29, 0.717) is 17.1 Å². The van der Waals surface area contributed by atoms with Crippen LogP contribution in [0.15, 0.2) is 23.5 Å². The van der Waals surface area contributed by atoms with Crippen LogP contribution in [-0.4, -0.2) is 37.8 Å². The predicted molar refractivity (Wildman–Crippen MR) is 63.9 cm³/mol. The first kappa shape index (κ1) is 12.5. The van der Waals surface area contributed by atoms with E-state index in [4.69, 9.17) is 9.84 Å². The lowest BCUT2D eigenvalue weighted by Crippen LogP contribution is -2.11. The SMILES string of the molecule is Cc1ncc(-c2cn(COCCO)cn2)c(=O)[nH]1. The van der Waals surface area contributed by atoms with E-state index in [0.717, 1.165) is 0 Å². The average Bonchev–Trinajstić information content (AvgIpc) is 2.78. The molecule has 0 aliphatic rings. The van der Waals surface area contributed by atoms with Crippen LogP contribution >= 0.6 is 0 Å². The average molecular weight is 250 g/mol. The van der Waals surface area contributed by atoms with E-state index in [1.54, 1.807) is 24.0 Å². The highest BCUT2D eigenvalue weighted by Crippen LogP contribution is 2.10. The summed E-state index contributed by atoms with van der Waals surface area (Å²) in [6, 6.07) is 0. The zero-order valence-corrected chi connectivity index (χ0v) is 9.96. The molecule has 2 rings (SSSR count). The molecule has 0 fully saturated rings. The van der Waals surface area contributed by atoms with Gasteiger partial charge in [0.15, 0.2) is 0 Å². The third-order valence-electron chi connectivity index (χ3n) is 2.31. The summed E-state index contributed by atoms with van der Waals surface area (Å²) in [6.45, 7) is 2.24. The van der Waals surface area contributed by atoms with Gasteiger partial charge in [-0.2, -0.15) is 0 Å². The van der Waals surface area contributed by atoms with E-state index in [1.807, 2.05) is 0 Å². The van der Waals surface area contributed by atoms with Crippen LogP contribution in [0, 0.1) is 6.92 Å². The third kappa shape index (κ3) is 2.82. The van der Waals surface area contributed by atoms with Gasteiger partial charge in [0.1, 0.15) is 12.6 Å². The normalized spacial score (nSPS) is 10.8. The maximum atomic E-state index is 11.7. The highest BCUT2D eigenvalue weighted by Gasteiger charge is 2.07. The van der Waals surface area contributed by atoms with Gasteiger partial charge in [0.2, 0.25) is 0 Å². The number of aliphatic hydroxyl groups excluding tert-OH is 1. The van der Waals surface area contributed by atoms with Crippen LogP contribution in [0.1, 0.15) is 5.82 Å². The van der Waals surface area contributed by atoms with E-state index in [-0.39, 0.29) is 25.5 Å². The first-order valence-corrected chi connectivity index (χ1v) is 5.47. The second-order valence-electron chi connectivity index (χ2n) is 3.75. The minimum atomic E-state index is -0.218. The smallest absolute Gasteiger partial charge is 0.260 e. The first-order chi connectivity index (χ1) is 8.70. The molecule has 0 atom stereocenters. The van der Waals surface area contributed by atoms with Gasteiger partial charge in [0, 0.05) is 12.4 Å². The number of aryl methyl sites for hydroxylation is 1. The molecule has 0 saturated heterocycles. The topological polar surface area (TPSA) is 93.0 Å². The lowest BCUT2D eigenvalue weighted by atomic mass is 10.2. The summed E-state index contributed by atoms with van der Waals surface area (Å²) in [5.41, 5.74) is 0.738. The third-order valence-corrected chi connectivity index (χ3v) is 2.31. The molecular formula is C11H14N4O3. The Labute approximate surface area is 103 Å². The molecule has 0 unspecified atom stereocenters. The molecular weight excluding hydrogens is 236 g/mol. The van der Waals surface area contributed by atoms with Crippen LogP contribution in [-0.2, 0) is 11.5 Å². The van der Waals surface area contributed by atoms with Crippen LogP contribution < -0.4 is 5.56 Å². The van der Waals surface area contributed by atoms with Crippen molar-refractivity contribution in [1.82, 2.24) is 19.5 Å². The molecule has 7 nitrogen and oxygen atoms in total. The highest BCUT2D eigenvalue weighted by molar-refractivity contribution is 5.55. The number of hydrogen-bond acceptors (Lipinski definition) is 5. The number of imidazole rings is 1. The Morgan fingerprint density at radius 2 is 2.33 bits per heavy atom. The van der Waals surface area contributed by atoms with Gasteiger partial charge in [0.05, 0.1) is 30.8 Å². The Balaban J connectivity index is 2.16. The Hall–Kier alpha value is -1.99. The molecule has 0 aliphatic heterocycles. The molecule has 0 radical (unpaired) electrons. The minimum Gasteiger partial charge on any atom is -0.394 e. The van der Waals surface area contributed by atoms with Gasteiger partial charge in [-0.15, -0.1) is 0 Å². The number of nitrogens with one attached hydrogen (secondary N) is 1. The summed E-state index contributed by atoms with van der Waals surface area (Å²) in [4.78, 5) is 22.5. The summed E-state index contributed by atoms with van der Waals surface area (Å²) >= 11 is 0. The van der Waals surface area contributed by atoms with Crippen molar-refractivity contribution < 1.29 is 9.84 Å². The predicted octanol–water partition coefficient (Wildman–Crippen LogP) is -0.0918. The lowest BCUT2D eigenvalue weighted by molar-refractivity contribution is 0.0482. The number of ether oxygens (including phenoxy) is 1. The molecule has 0 spiro atoms. The Morgan fingerprint density at radius 3 is 3.06 bits per heavy atom. The number of aliphatic hydroxyl groups is 1. The molecule has 2 aromatic heterocycles. The van der Waals surface area contributed by atoms with Crippen molar-refractivity contribution in [3.05, 3.63) is 34.9 Å². The maximum Gasteiger partial charge on any atom is 0.260 e. The van der Waals surface area contributed by atoms with Gasteiger partial charge >= 0.3 is 0 Å². The monoisotopic (exact) mass is 250 g/mol. The van der Waals surface area contributed by atoms with Crippen LogP contribution in [0.3, 0.4) is 0 Å². The highest BCUT2D eigenvalue weighted by atomic mass is 16.5. The quantitative estimate of drug-likeness (QED) is 0.723. The lowest BCUT2D eigenvalue weighted by Gasteiger charge is -2.01. The summed E-state index contributed by atoms with van der Waals surface area (Å²) in [5.74, 6) is 0.564. The van der Waals surface area contributed by atoms with Crippen molar-refractivity contribution in [3.8, 4) is 11.3 Å². The van der Waals surface area contributed by atoms with E-state index < -0.39 is 0 Å². The van der Waals surface area contributed by atoms with E-state index in [9.17, 15) is 4.79 Å². The second-order valence-corrected chi connectivity index (χ2v) is 3.75. The van der Waals surface area contributed by atoms with Crippen molar-refractivity contribution in [1.29, 1.82) is 0 Å². The van der Waals surface area contributed by atoms with Crippen molar-refractivity contribution in [2.24, 2.45) is 0 Å². The van der Waals surface area contributed by atoms with Crippen LogP contribution in [0.5, 0.6) is 0 Å². The van der Waals surface area contributed by atoms with E-state index in [2.05, 4.69) is 15.0 Å². The van der Waals surface area contributed by atoms with Gasteiger partial charge in [-0.1, -0.05) is 0 Å². The molecule has 2 heterocycles. The standard InChI is InChI=1S/C11H14N4O3/c1-8-12-4-9(11(17)14-8)10-5-15(6-13-10)7-18-3-2-16/h4-6,16H,2-3,7H2,1H3,(H,12,14,17). The molecule has 7 heteroatoms.